The minimum Gasteiger partial charge on any atom is -0.486 e. The molecule has 0 saturated carbocycles. The molecule has 5 heteroatoms. The van der Waals surface area contributed by atoms with Gasteiger partial charge in [0.2, 0.25) is 0 Å². The number of hydrogen-bond acceptors (Lipinski definition) is 5. The van der Waals surface area contributed by atoms with Crippen molar-refractivity contribution in [3.05, 3.63) is 34.5 Å². The SMILES string of the molecule is CC(Nc1cc2c(cc1N)OCCO2)c1ccsc1. The number of ether oxygens (including phenoxy) is 2. The van der Waals surface area contributed by atoms with Crippen LogP contribution in [-0.2, 0) is 0 Å². The lowest BCUT2D eigenvalue weighted by Gasteiger charge is -2.22. The van der Waals surface area contributed by atoms with Crippen LogP contribution in [0.25, 0.3) is 0 Å². The first-order chi connectivity index (χ1) is 9.24. The van der Waals surface area contributed by atoms with Crippen LogP contribution in [0.4, 0.5) is 11.4 Å². The third kappa shape index (κ3) is 2.46. The van der Waals surface area contributed by atoms with Crippen LogP contribution in [0.5, 0.6) is 11.5 Å². The fourth-order valence-corrected chi connectivity index (χ4v) is 2.82. The number of nitrogen functional groups attached to an aromatic ring is 1. The van der Waals surface area contributed by atoms with Gasteiger partial charge in [-0.25, -0.2) is 0 Å². The number of fused-ring (bicyclic) bond motifs is 1. The predicted molar refractivity (Wildman–Crippen MR) is 78.2 cm³/mol. The van der Waals surface area contributed by atoms with Crippen LogP contribution in [0.3, 0.4) is 0 Å². The van der Waals surface area contributed by atoms with Crippen molar-refractivity contribution >= 4 is 22.7 Å². The summed E-state index contributed by atoms with van der Waals surface area (Å²) in [5.74, 6) is 1.47. The maximum atomic E-state index is 6.05. The van der Waals surface area contributed by atoms with E-state index in [9.17, 15) is 0 Å². The Hall–Kier alpha value is -1.88. The number of hydrogen-bond donors (Lipinski definition) is 2. The van der Waals surface area contributed by atoms with Crippen molar-refractivity contribution in [2.75, 3.05) is 24.3 Å². The number of rotatable bonds is 3. The number of anilines is 2. The summed E-state index contributed by atoms with van der Waals surface area (Å²) in [5, 5.41) is 7.61. The second kappa shape index (κ2) is 5.01. The third-order valence-electron chi connectivity index (χ3n) is 3.13. The van der Waals surface area contributed by atoms with E-state index in [4.69, 9.17) is 15.2 Å². The smallest absolute Gasteiger partial charge is 0.163 e. The van der Waals surface area contributed by atoms with Crippen LogP contribution in [0.2, 0.25) is 0 Å². The molecule has 1 unspecified atom stereocenters. The molecule has 2 heterocycles. The Labute approximate surface area is 116 Å². The van der Waals surface area contributed by atoms with Crippen molar-refractivity contribution in [1.29, 1.82) is 0 Å². The minimum absolute atomic E-state index is 0.205. The molecular weight excluding hydrogens is 260 g/mol. The fraction of sp³-hybridized carbons (Fsp3) is 0.286. The summed E-state index contributed by atoms with van der Waals surface area (Å²) in [7, 11) is 0. The fourth-order valence-electron chi connectivity index (χ4n) is 2.07. The van der Waals surface area contributed by atoms with E-state index in [1.165, 1.54) is 5.56 Å². The maximum absolute atomic E-state index is 6.05. The van der Waals surface area contributed by atoms with Crippen molar-refractivity contribution in [1.82, 2.24) is 0 Å². The largest absolute Gasteiger partial charge is 0.486 e. The molecule has 0 bridgehead atoms. The second-order valence-electron chi connectivity index (χ2n) is 4.51. The van der Waals surface area contributed by atoms with E-state index in [-0.39, 0.29) is 6.04 Å². The van der Waals surface area contributed by atoms with Crippen molar-refractivity contribution in [3.8, 4) is 11.5 Å². The van der Waals surface area contributed by atoms with E-state index in [0.717, 1.165) is 17.2 Å². The highest BCUT2D eigenvalue weighted by atomic mass is 32.1. The van der Waals surface area contributed by atoms with Gasteiger partial charge < -0.3 is 20.5 Å². The quantitative estimate of drug-likeness (QED) is 0.845. The first-order valence-corrected chi connectivity index (χ1v) is 7.16. The molecule has 100 valence electrons. The number of nitrogens with two attached hydrogens (primary N) is 1. The molecule has 0 saturated heterocycles. The Bertz CT molecular complexity index is 569. The molecule has 1 aliphatic heterocycles. The predicted octanol–water partition coefficient (Wildman–Crippen LogP) is 3.27. The van der Waals surface area contributed by atoms with E-state index in [2.05, 4.69) is 29.1 Å². The molecule has 3 rings (SSSR count). The molecule has 0 spiro atoms. The molecule has 1 aliphatic rings. The summed E-state index contributed by atoms with van der Waals surface area (Å²) < 4.78 is 11.1. The molecule has 1 atom stereocenters. The highest BCUT2D eigenvalue weighted by molar-refractivity contribution is 7.07. The number of nitrogens with one attached hydrogen (secondary N) is 1. The lowest BCUT2D eigenvalue weighted by Crippen LogP contribution is -2.16. The van der Waals surface area contributed by atoms with Crippen molar-refractivity contribution < 1.29 is 9.47 Å². The number of thiophene rings is 1. The highest BCUT2D eigenvalue weighted by Crippen LogP contribution is 2.38. The highest BCUT2D eigenvalue weighted by Gasteiger charge is 2.16. The molecular formula is C14H16N2O2S. The van der Waals surface area contributed by atoms with Gasteiger partial charge in [0.1, 0.15) is 13.2 Å². The van der Waals surface area contributed by atoms with Gasteiger partial charge in [-0.1, -0.05) is 0 Å². The zero-order valence-electron chi connectivity index (χ0n) is 10.7. The summed E-state index contributed by atoms with van der Waals surface area (Å²) in [6, 6.07) is 6.04. The van der Waals surface area contributed by atoms with Crippen molar-refractivity contribution in [2.45, 2.75) is 13.0 Å². The average Bonchev–Trinajstić information content (AvgIpc) is 2.93. The standard InChI is InChI=1S/C14H16N2O2S/c1-9(10-2-5-19-8-10)16-12-7-14-13(6-11(12)15)17-3-4-18-14/h2,5-9,16H,3-4,15H2,1H3. The average molecular weight is 276 g/mol. The first kappa shape index (κ1) is 12.2. The molecule has 4 nitrogen and oxygen atoms in total. The monoisotopic (exact) mass is 276 g/mol. The summed E-state index contributed by atoms with van der Waals surface area (Å²) in [6.45, 7) is 3.26. The molecule has 0 radical (unpaired) electrons. The molecule has 0 fully saturated rings. The van der Waals surface area contributed by atoms with Gasteiger partial charge in [-0.2, -0.15) is 11.3 Å². The van der Waals surface area contributed by atoms with E-state index in [1.54, 1.807) is 11.3 Å². The van der Waals surface area contributed by atoms with Crippen LogP contribution in [0, 0.1) is 0 Å². The number of benzene rings is 1. The normalized spacial score (nSPS) is 15.0. The first-order valence-electron chi connectivity index (χ1n) is 6.22. The molecule has 0 amide bonds. The van der Waals surface area contributed by atoms with Crippen LogP contribution in [0.15, 0.2) is 29.0 Å². The molecule has 0 aliphatic carbocycles. The van der Waals surface area contributed by atoms with Gasteiger partial charge in [-0.3, -0.25) is 0 Å². The van der Waals surface area contributed by atoms with Gasteiger partial charge in [-0.05, 0) is 29.3 Å². The van der Waals surface area contributed by atoms with E-state index in [1.807, 2.05) is 12.1 Å². The summed E-state index contributed by atoms with van der Waals surface area (Å²) in [4.78, 5) is 0. The topological polar surface area (TPSA) is 56.5 Å². The van der Waals surface area contributed by atoms with Crippen molar-refractivity contribution in [3.63, 3.8) is 0 Å². The minimum atomic E-state index is 0.205. The Kier molecular flexibility index (Phi) is 3.21. The van der Waals surface area contributed by atoms with Crippen LogP contribution < -0.4 is 20.5 Å². The lowest BCUT2D eigenvalue weighted by molar-refractivity contribution is 0.172. The van der Waals surface area contributed by atoms with Crippen LogP contribution in [-0.4, -0.2) is 13.2 Å². The second-order valence-corrected chi connectivity index (χ2v) is 5.29. The van der Waals surface area contributed by atoms with E-state index >= 15 is 0 Å². The van der Waals surface area contributed by atoms with Gasteiger partial charge in [0.05, 0.1) is 11.4 Å². The Balaban J connectivity index is 1.84. The summed E-state index contributed by atoms with van der Waals surface area (Å²) in [5.41, 5.74) is 8.85. The van der Waals surface area contributed by atoms with Crippen LogP contribution >= 0.6 is 11.3 Å². The Morgan fingerprint density at radius 3 is 2.68 bits per heavy atom. The zero-order valence-corrected chi connectivity index (χ0v) is 11.5. The molecule has 2 aromatic rings. The molecule has 19 heavy (non-hydrogen) atoms. The lowest BCUT2D eigenvalue weighted by atomic mass is 10.1. The molecule has 3 N–H and O–H groups in total. The van der Waals surface area contributed by atoms with Gasteiger partial charge in [0, 0.05) is 18.2 Å². The van der Waals surface area contributed by atoms with Crippen LogP contribution in [0.1, 0.15) is 18.5 Å². The Morgan fingerprint density at radius 1 is 1.26 bits per heavy atom. The van der Waals surface area contributed by atoms with E-state index < -0.39 is 0 Å². The summed E-state index contributed by atoms with van der Waals surface area (Å²) in [6.07, 6.45) is 0. The van der Waals surface area contributed by atoms with Crippen molar-refractivity contribution in [2.24, 2.45) is 0 Å². The third-order valence-corrected chi connectivity index (χ3v) is 3.83. The maximum Gasteiger partial charge on any atom is 0.163 e. The Morgan fingerprint density at radius 2 is 2.00 bits per heavy atom. The summed E-state index contributed by atoms with van der Waals surface area (Å²) >= 11 is 1.69. The van der Waals surface area contributed by atoms with Gasteiger partial charge in [-0.15, -0.1) is 0 Å². The molecule has 1 aromatic carbocycles. The van der Waals surface area contributed by atoms with Gasteiger partial charge in [0.25, 0.3) is 0 Å². The van der Waals surface area contributed by atoms with Gasteiger partial charge in [0.15, 0.2) is 11.5 Å². The zero-order chi connectivity index (χ0) is 13.2. The van der Waals surface area contributed by atoms with E-state index in [0.29, 0.717) is 18.9 Å². The van der Waals surface area contributed by atoms with Gasteiger partial charge >= 0.3 is 0 Å². The molecule has 1 aromatic heterocycles.